The molecule has 0 bridgehead atoms. The monoisotopic (exact) mass is 645 g/mol. The van der Waals surface area contributed by atoms with Gasteiger partial charge < -0.3 is 14.2 Å². The highest BCUT2D eigenvalue weighted by Crippen LogP contribution is 2.47. The summed E-state index contributed by atoms with van der Waals surface area (Å²) in [7, 11) is 0. The molecule has 4 aromatic carbocycles. The van der Waals surface area contributed by atoms with Gasteiger partial charge in [-0.1, -0.05) is 58.4 Å². The molecule has 0 saturated carbocycles. The molecule has 1 aromatic heterocycles. The molecule has 42 heavy (non-hydrogen) atoms. The number of rotatable bonds is 11. The minimum atomic E-state index is -0.238. The molecule has 1 saturated heterocycles. The van der Waals surface area contributed by atoms with Crippen LogP contribution < -0.4 is 14.2 Å². The lowest BCUT2D eigenvalue weighted by Gasteiger charge is -2.24. The highest BCUT2D eigenvalue weighted by atomic mass is 79.9. The number of fused-ring (bicyclic) bond motifs is 1. The largest absolute Gasteiger partial charge is 0.492 e. The average Bonchev–Trinajstić information content (AvgIpc) is 3.65. The van der Waals surface area contributed by atoms with E-state index in [2.05, 4.69) is 64.2 Å². The molecule has 0 N–H and O–H groups in total. The molecule has 0 aliphatic carbocycles. The quantitative estimate of drug-likeness (QED) is 0.143. The summed E-state index contributed by atoms with van der Waals surface area (Å²) in [5, 5.41) is 1.04. The van der Waals surface area contributed by atoms with Crippen molar-refractivity contribution in [1.29, 1.82) is 0 Å². The van der Waals surface area contributed by atoms with E-state index in [1.807, 2.05) is 60.7 Å². The number of hydrogen-bond acceptors (Lipinski definition) is 5. The Kier molecular flexibility index (Phi) is 9.08. The van der Waals surface area contributed by atoms with Gasteiger partial charge in [0.05, 0.1) is 11.6 Å². The minimum absolute atomic E-state index is 0.160. The van der Waals surface area contributed by atoms with Crippen LogP contribution in [-0.2, 0) is 6.61 Å². The minimum Gasteiger partial charge on any atom is -0.492 e. The van der Waals surface area contributed by atoms with Crippen LogP contribution in [0.5, 0.6) is 23.0 Å². The second-order valence-corrected chi connectivity index (χ2v) is 12.7. The summed E-state index contributed by atoms with van der Waals surface area (Å²) in [6, 6.07) is 32.7. The van der Waals surface area contributed by atoms with Crippen molar-refractivity contribution in [2.24, 2.45) is 5.92 Å². The number of hydrogen-bond donors (Lipinski definition) is 0. The summed E-state index contributed by atoms with van der Waals surface area (Å²) < 4.78 is 33.9. The third kappa shape index (κ3) is 6.80. The number of ether oxygens (including phenoxy) is 3. The molecule has 2 heterocycles. The Labute approximate surface area is 258 Å². The van der Waals surface area contributed by atoms with Gasteiger partial charge in [0.2, 0.25) is 0 Å². The fourth-order valence-electron chi connectivity index (χ4n) is 5.21. The van der Waals surface area contributed by atoms with Crippen LogP contribution in [0.1, 0.15) is 18.9 Å². The fraction of sp³-hybridized carbons (Fsp3) is 0.257. The van der Waals surface area contributed by atoms with E-state index in [9.17, 15) is 4.39 Å². The van der Waals surface area contributed by atoms with E-state index in [1.165, 1.54) is 0 Å². The molecule has 2 unspecified atom stereocenters. The standard InChI is InChI=1S/C35H33BrFNO3S/c1-24(38-18-17-26(20-37)21-38)22-39-29-11-13-30(14-12-29)41-34-32-16-15-31(40-23-25-5-3-2-4-6-25)19-33(32)42-35(34)27-7-9-28(36)10-8-27/h2-16,19,24,26H,17-18,20-23H2,1H3. The van der Waals surface area contributed by atoms with Crippen molar-refractivity contribution in [1.82, 2.24) is 4.90 Å². The third-order valence-corrected chi connectivity index (χ3v) is 9.38. The van der Waals surface area contributed by atoms with E-state index >= 15 is 0 Å². The maximum Gasteiger partial charge on any atom is 0.153 e. The first-order valence-electron chi connectivity index (χ1n) is 14.3. The highest BCUT2D eigenvalue weighted by Gasteiger charge is 2.26. The van der Waals surface area contributed by atoms with Crippen LogP contribution in [0.3, 0.4) is 0 Å². The second kappa shape index (κ2) is 13.3. The van der Waals surface area contributed by atoms with Crippen LogP contribution in [0.4, 0.5) is 4.39 Å². The Bertz CT molecular complexity index is 1610. The Morgan fingerprint density at radius 2 is 1.64 bits per heavy atom. The number of halogens is 2. The average molecular weight is 647 g/mol. The summed E-state index contributed by atoms with van der Waals surface area (Å²) >= 11 is 5.24. The van der Waals surface area contributed by atoms with Gasteiger partial charge >= 0.3 is 0 Å². The summed E-state index contributed by atoms with van der Waals surface area (Å²) in [4.78, 5) is 3.37. The maximum absolute atomic E-state index is 13.0. The zero-order chi connectivity index (χ0) is 28.9. The van der Waals surface area contributed by atoms with Gasteiger partial charge in [-0.25, -0.2) is 0 Å². The smallest absolute Gasteiger partial charge is 0.153 e. The highest BCUT2D eigenvalue weighted by molar-refractivity contribution is 9.10. The van der Waals surface area contributed by atoms with Gasteiger partial charge in [0.15, 0.2) is 5.75 Å². The van der Waals surface area contributed by atoms with Crippen molar-refractivity contribution in [2.75, 3.05) is 26.4 Å². The zero-order valence-corrected chi connectivity index (χ0v) is 25.9. The number of thiophene rings is 1. The topological polar surface area (TPSA) is 30.9 Å². The molecule has 0 radical (unpaired) electrons. The van der Waals surface area contributed by atoms with Crippen LogP contribution in [0.2, 0.25) is 0 Å². The van der Waals surface area contributed by atoms with Gasteiger partial charge in [-0.2, -0.15) is 0 Å². The third-order valence-electron chi connectivity index (χ3n) is 7.66. The molecule has 0 spiro atoms. The van der Waals surface area contributed by atoms with Gasteiger partial charge in [0, 0.05) is 33.1 Å². The van der Waals surface area contributed by atoms with Crippen molar-refractivity contribution in [3.8, 4) is 33.4 Å². The van der Waals surface area contributed by atoms with Gasteiger partial charge in [0.1, 0.15) is 30.5 Å². The summed E-state index contributed by atoms with van der Waals surface area (Å²) in [6.45, 7) is 4.73. The van der Waals surface area contributed by atoms with E-state index in [-0.39, 0.29) is 18.6 Å². The molecular weight excluding hydrogens is 613 g/mol. The predicted molar refractivity (Wildman–Crippen MR) is 173 cm³/mol. The van der Waals surface area contributed by atoms with Crippen molar-refractivity contribution >= 4 is 37.4 Å². The number of nitrogens with zero attached hydrogens (tertiary/aromatic N) is 1. The zero-order valence-electron chi connectivity index (χ0n) is 23.5. The molecule has 6 rings (SSSR count). The van der Waals surface area contributed by atoms with E-state index in [4.69, 9.17) is 14.2 Å². The molecule has 216 valence electrons. The SMILES string of the molecule is CC(COc1ccc(Oc2c(-c3ccc(Br)cc3)sc3cc(OCc4ccccc4)ccc23)cc1)N1CCC(CF)C1. The molecule has 7 heteroatoms. The lowest BCUT2D eigenvalue weighted by molar-refractivity contribution is 0.165. The van der Waals surface area contributed by atoms with Gasteiger partial charge in [-0.15, -0.1) is 11.3 Å². The molecule has 1 fully saturated rings. The number of alkyl halides is 1. The lowest BCUT2D eigenvalue weighted by atomic mass is 10.1. The van der Waals surface area contributed by atoms with Crippen LogP contribution >= 0.6 is 27.3 Å². The number of likely N-dealkylation sites (tertiary alicyclic amines) is 1. The molecule has 2 atom stereocenters. The molecule has 0 amide bonds. The Morgan fingerprint density at radius 3 is 2.38 bits per heavy atom. The predicted octanol–water partition coefficient (Wildman–Crippen LogP) is 9.76. The lowest BCUT2D eigenvalue weighted by Crippen LogP contribution is -2.35. The summed E-state index contributed by atoms with van der Waals surface area (Å²) in [5.74, 6) is 3.34. The number of benzene rings is 4. The first kappa shape index (κ1) is 28.7. The van der Waals surface area contributed by atoms with Crippen LogP contribution in [0.15, 0.2) is 102 Å². The Balaban J connectivity index is 1.19. The van der Waals surface area contributed by atoms with Crippen LogP contribution in [-0.4, -0.2) is 37.3 Å². The summed E-state index contributed by atoms with van der Waals surface area (Å²) in [5.41, 5.74) is 2.22. The van der Waals surface area contributed by atoms with E-state index in [0.29, 0.717) is 13.2 Å². The molecule has 5 aromatic rings. The van der Waals surface area contributed by atoms with E-state index in [0.717, 1.165) is 73.1 Å². The van der Waals surface area contributed by atoms with Crippen LogP contribution in [0.25, 0.3) is 20.5 Å². The van der Waals surface area contributed by atoms with Crippen LogP contribution in [0, 0.1) is 5.92 Å². The van der Waals surface area contributed by atoms with Crippen molar-refractivity contribution < 1.29 is 18.6 Å². The fourth-order valence-corrected chi connectivity index (χ4v) is 6.64. The molecule has 4 nitrogen and oxygen atoms in total. The van der Waals surface area contributed by atoms with Gasteiger partial charge in [0.25, 0.3) is 0 Å². The van der Waals surface area contributed by atoms with Gasteiger partial charge in [-0.05, 0) is 85.6 Å². The molecule has 1 aliphatic heterocycles. The molecule has 1 aliphatic rings. The van der Waals surface area contributed by atoms with E-state index in [1.54, 1.807) is 11.3 Å². The van der Waals surface area contributed by atoms with Crippen molar-refractivity contribution in [2.45, 2.75) is 26.0 Å². The normalized spacial score (nSPS) is 16.0. The molecular formula is C35H33BrFNO3S. The second-order valence-electron chi connectivity index (χ2n) is 10.7. The summed E-state index contributed by atoms with van der Waals surface area (Å²) in [6.07, 6.45) is 0.925. The Hall–Kier alpha value is -3.39. The first-order valence-corrected chi connectivity index (χ1v) is 15.9. The van der Waals surface area contributed by atoms with Crippen molar-refractivity contribution in [3.63, 3.8) is 0 Å². The maximum atomic E-state index is 13.0. The first-order chi connectivity index (χ1) is 20.6. The van der Waals surface area contributed by atoms with Crippen molar-refractivity contribution in [3.05, 3.63) is 107 Å². The van der Waals surface area contributed by atoms with E-state index < -0.39 is 0 Å². The Morgan fingerprint density at radius 1 is 0.905 bits per heavy atom. The van der Waals surface area contributed by atoms with Gasteiger partial charge in [-0.3, -0.25) is 9.29 Å².